The number of amides is 1. The summed E-state index contributed by atoms with van der Waals surface area (Å²) in [5.41, 5.74) is 0. The topological polar surface area (TPSA) is 72.3 Å². The van der Waals surface area contributed by atoms with E-state index in [-0.39, 0.29) is 17.5 Å². The molecule has 0 radical (unpaired) electrons. The van der Waals surface area contributed by atoms with Crippen molar-refractivity contribution in [2.75, 3.05) is 13.1 Å². The molecule has 17 heavy (non-hydrogen) atoms. The van der Waals surface area contributed by atoms with Crippen LogP contribution in [0.1, 0.15) is 13.8 Å². The highest BCUT2D eigenvalue weighted by Crippen LogP contribution is 2.11. The van der Waals surface area contributed by atoms with E-state index in [4.69, 9.17) is 10.7 Å². The normalized spacial score (nSPS) is 11.5. The van der Waals surface area contributed by atoms with Crippen LogP contribution >= 0.6 is 10.7 Å². The molecule has 1 amide bonds. The number of hydrogen-bond donors (Lipinski definition) is 0. The van der Waals surface area contributed by atoms with Crippen LogP contribution in [0.4, 0.5) is 0 Å². The van der Waals surface area contributed by atoms with E-state index < -0.39 is 9.05 Å². The average Bonchev–Trinajstić information content (AvgIpc) is 2.67. The van der Waals surface area contributed by atoms with Crippen molar-refractivity contribution in [2.45, 2.75) is 25.4 Å². The zero-order valence-corrected chi connectivity index (χ0v) is 11.2. The molecule has 1 aromatic rings. The van der Waals surface area contributed by atoms with Gasteiger partial charge in [0.05, 0.1) is 6.33 Å². The molecule has 96 valence electrons. The first-order chi connectivity index (χ1) is 7.88. The first-order valence-electron chi connectivity index (χ1n) is 5.12. The Labute approximate surface area is 105 Å². The number of nitrogens with zero attached hydrogens (tertiary/aromatic N) is 3. The van der Waals surface area contributed by atoms with Crippen LogP contribution in [0.2, 0.25) is 0 Å². The minimum atomic E-state index is -3.83. The minimum absolute atomic E-state index is 0.0566. The maximum absolute atomic E-state index is 11.7. The summed E-state index contributed by atoms with van der Waals surface area (Å²) in [5.74, 6) is -0.0917. The molecule has 0 aromatic carbocycles. The maximum atomic E-state index is 11.7. The lowest BCUT2D eigenvalue weighted by Crippen LogP contribution is -2.33. The second-order valence-corrected chi connectivity index (χ2v) is 5.90. The fourth-order valence-corrected chi connectivity index (χ4v) is 2.06. The summed E-state index contributed by atoms with van der Waals surface area (Å²) in [6.07, 6.45) is 2.51. The molecule has 0 aliphatic heterocycles. The molecule has 1 rings (SSSR count). The van der Waals surface area contributed by atoms with Crippen LogP contribution in [0.3, 0.4) is 0 Å². The first-order valence-corrected chi connectivity index (χ1v) is 7.43. The Balaban J connectivity index is 2.77. The van der Waals surface area contributed by atoms with Crippen molar-refractivity contribution in [1.29, 1.82) is 0 Å². The van der Waals surface area contributed by atoms with Gasteiger partial charge < -0.3 is 9.47 Å². The average molecular weight is 280 g/mol. The number of carbonyl (C=O) groups excluding carboxylic acids is 1. The van der Waals surface area contributed by atoms with Gasteiger partial charge in [0.25, 0.3) is 9.05 Å². The Hall–Kier alpha value is -1.08. The molecule has 0 aliphatic carbocycles. The van der Waals surface area contributed by atoms with E-state index in [0.717, 1.165) is 0 Å². The van der Waals surface area contributed by atoms with Gasteiger partial charge in [-0.3, -0.25) is 4.79 Å². The highest BCUT2D eigenvalue weighted by Gasteiger charge is 2.15. The summed E-state index contributed by atoms with van der Waals surface area (Å²) >= 11 is 0. The minimum Gasteiger partial charge on any atom is -0.342 e. The van der Waals surface area contributed by atoms with Gasteiger partial charge in [-0.05, 0) is 13.8 Å². The number of carbonyl (C=O) groups is 1. The zero-order chi connectivity index (χ0) is 13.1. The molecule has 0 bridgehead atoms. The van der Waals surface area contributed by atoms with E-state index in [9.17, 15) is 13.2 Å². The molecule has 0 unspecified atom stereocenters. The van der Waals surface area contributed by atoms with Crippen LogP contribution in [0, 0.1) is 0 Å². The van der Waals surface area contributed by atoms with Gasteiger partial charge in [-0.2, -0.15) is 0 Å². The molecule has 0 saturated carbocycles. The van der Waals surface area contributed by atoms with Gasteiger partial charge in [-0.1, -0.05) is 0 Å². The van der Waals surface area contributed by atoms with Gasteiger partial charge in [-0.15, -0.1) is 0 Å². The van der Waals surface area contributed by atoms with Crippen molar-refractivity contribution in [1.82, 2.24) is 14.5 Å². The van der Waals surface area contributed by atoms with Crippen molar-refractivity contribution < 1.29 is 13.2 Å². The lowest BCUT2D eigenvalue weighted by Gasteiger charge is -2.18. The van der Waals surface area contributed by atoms with E-state index in [1.807, 2.05) is 13.8 Å². The second-order valence-electron chi connectivity index (χ2n) is 3.39. The number of likely N-dealkylation sites (N-methyl/N-ethyl adjacent to an activating group) is 1. The first kappa shape index (κ1) is 14.0. The van der Waals surface area contributed by atoms with Gasteiger partial charge in [0.15, 0.2) is 5.03 Å². The smallest absolute Gasteiger partial charge is 0.280 e. The third kappa shape index (κ3) is 3.71. The Morgan fingerprint density at radius 3 is 2.47 bits per heavy atom. The molecular weight excluding hydrogens is 266 g/mol. The van der Waals surface area contributed by atoms with E-state index in [1.54, 1.807) is 4.90 Å². The van der Waals surface area contributed by atoms with Crippen LogP contribution in [0.5, 0.6) is 0 Å². The van der Waals surface area contributed by atoms with Crippen LogP contribution in [-0.4, -0.2) is 41.9 Å². The molecule has 8 heteroatoms. The zero-order valence-electron chi connectivity index (χ0n) is 9.63. The molecule has 1 heterocycles. The Bertz CT molecular complexity index is 493. The van der Waals surface area contributed by atoms with E-state index in [0.29, 0.717) is 13.1 Å². The Morgan fingerprint density at radius 1 is 1.47 bits per heavy atom. The van der Waals surface area contributed by atoms with Crippen molar-refractivity contribution >= 4 is 25.6 Å². The molecule has 0 aliphatic rings. The van der Waals surface area contributed by atoms with Crippen LogP contribution in [0.25, 0.3) is 0 Å². The lowest BCUT2D eigenvalue weighted by atomic mass is 10.4. The monoisotopic (exact) mass is 279 g/mol. The fourth-order valence-electron chi connectivity index (χ4n) is 1.38. The number of rotatable bonds is 5. The largest absolute Gasteiger partial charge is 0.342 e. The summed E-state index contributed by atoms with van der Waals surface area (Å²) in [7, 11) is 1.29. The highest BCUT2D eigenvalue weighted by atomic mass is 35.7. The highest BCUT2D eigenvalue weighted by molar-refractivity contribution is 8.13. The second kappa shape index (κ2) is 5.50. The van der Waals surface area contributed by atoms with Gasteiger partial charge in [0.1, 0.15) is 6.54 Å². The third-order valence-electron chi connectivity index (χ3n) is 2.29. The van der Waals surface area contributed by atoms with Crippen LogP contribution < -0.4 is 0 Å². The predicted octanol–water partition coefficient (Wildman–Crippen LogP) is 0.679. The van der Waals surface area contributed by atoms with Crippen molar-refractivity contribution in [2.24, 2.45) is 0 Å². The van der Waals surface area contributed by atoms with Crippen molar-refractivity contribution in [3.8, 4) is 0 Å². The summed E-state index contributed by atoms with van der Waals surface area (Å²) in [5, 5.41) is -0.244. The summed E-state index contributed by atoms with van der Waals surface area (Å²) in [6, 6.07) is 0. The Kier molecular flexibility index (Phi) is 4.53. The quantitative estimate of drug-likeness (QED) is 0.743. The van der Waals surface area contributed by atoms with Crippen LogP contribution in [0.15, 0.2) is 17.6 Å². The molecule has 0 spiro atoms. The molecule has 0 saturated heterocycles. The van der Waals surface area contributed by atoms with Crippen LogP contribution in [-0.2, 0) is 20.4 Å². The molecule has 6 nitrogen and oxygen atoms in total. The molecule has 1 aromatic heterocycles. The standard InChI is InChI=1S/C9H14ClN3O3S/c1-3-13(4-2)9(14)6-12-5-8(11-7-12)17(10,15)16/h5,7H,3-4,6H2,1-2H3. The van der Waals surface area contributed by atoms with E-state index in [1.165, 1.54) is 17.1 Å². The van der Waals surface area contributed by atoms with E-state index in [2.05, 4.69) is 4.98 Å². The molecule has 0 fully saturated rings. The SMILES string of the molecule is CCN(CC)C(=O)Cn1cnc(S(=O)(=O)Cl)c1. The fraction of sp³-hybridized carbons (Fsp3) is 0.556. The van der Waals surface area contributed by atoms with Crippen molar-refractivity contribution in [3.05, 3.63) is 12.5 Å². The van der Waals surface area contributed by atoms with Gasteiger partial charge in [0, 0.05) is 30.0 Å². The summed E-state index contributed by atoms with van der Waals surface area (Å²) < 4.78 is 23.3. The third-order valence-corrected chi connectivity index (χ3v) is 3.48. The molecular formula is C9H14ClN3O3S. The predicted molar refractivity (Wildman–Crippen MR) is 63.2 cm³/mol. The van der Waals surface area contributed by atoms with Gasteiger partial charge in [-0.25, -0.2) is 13.4 Å². The lowest BCUT2D eigenvalue weighted by molar-refractivity contribution is -0.131. The number of hydrogen-bond acceptors (Lipinski definition) is 4. The maximum Gasteiger partial charge on any atom is 0.280 e. The molecule has 0 N–H and O–H groups in total. The van der Waals surface area contributed by atoms with Gasteiger partial charge in [0.2, 0.25) is 5.91 Å². The summed E-state index contributed by atoms with van der Waals surface area (Å²) in [6.45, 7) is 5.05. The number of imidazole rings is 1. The van der Waals surface area contributed by atoms with Gasteiger partial charge >= 0.3 is 0 Å². The number of aromatic nitrogens is 2. The number of halogens is 1. The Morgan fingerprint density at radius 2 is 2.06 bits per heavy atom. The van der Waals surface area contributed by atoms with E-state index >= 15 is 0 Å². The summed E-state index contributed by atoms with van der Waals surface area (Å²) in [4.78, 5) is 17.0. The molecule has 0 atom stereocenters. The van der Waals surface area contributed by atoms with Crippen molar-refractivity contribution in [3.63, 3.8) is 0 Å².